The average molecular weight is 432 g/mol. The Labute approximate surface area is 186 Å². The van der Waals surface area contributed by atoms with Crippen molar-refractivity contribution >= 4 is 17.5 Å². The van der Waals surface area contributed by atoms with E-state index in [9.17, 15) is 4.79 Å². The van der Waals surface area contributed by atoms with Crippen LogP contribution in [0.3, 0.4) is 0 Å². The Kier molecular flexibility index (Phi) is 6.42. The maximum atomic E-state index is 12.2. The van der Waals surface area contributed by atoms with Gasteiger partial charge < -0.3 is 15.4 Å². The molecule has 3 heterocycles. The average Bonchev–Trinajstić information content (AvgIpc) is 3.29. The fraction of sp³-hybridized carbons (Fsp3) is 0.348. The van der Waals surface area contributed by atoms with Crippen LogP contribution in [0.5, 0.6) is 0 Å². The molecule has 9 nitrogen and oxygen atoms in total. The van der Waals surface area contributed by atoms with Gasteiger partial charge in [-0.25, -0.2) is 9.97 Å². The summed E-state index contributed by atoms with van der Waals surface area (Å²) in [5, 5.41) is 19.2. The van der Waals surface area contributed by atoms with Gasteiger partial charge in [0, 0.05) is 36.7 Å². The molecule has 2 N–H and O–H groups in total. The van der Waals surface area contributed by atoms with E-state index in [4.69, 9.17) is 10.00 Å². The zero-order valence-electron chi connectivity index (χ0n) is 18.1. The van der Waals surface area contributed by atoms with Crippen molar-refractivity contribution in [1.82, 2.24) is 25.1 Å². The van der Waals surface area contributed by atoms with E-state index in [0.717, 1.165) is 48.6 Å². The minimum absolute atomic E-state index is 0.283. The molecule has 0 spiro atoms. The number of ether oxygens (including phenoxy) is 1. The van der Waals surface area contributed by atoms with Crippen molar-refractivity contribution in [2.45, 2.75) is 38.8 Å². The molecule has 0 bridgehead atoms. The Hall–Kier alpha value is -3.77. The van der Waals surface area contributed by atoms with Crippen LogP contribution < -0.4 is 10.6 Å². The van der Waals surface area contributed by atoms with Gasteiger partial charge in [-0.3, -0.25) is 9.48 Å². The molecule has 1 saturated heterocycles. The van der Waals surface area contributed by atoms with Gasteiger partial charge in [-0.15, -0.1) is 0 Å². The number of amides is 1. The molecule has 1 amide bonds. The molecule has 164 valence electrons. The van der Waals surface area contributed by atoms with Crippen molar-refractivity contribution in [3.8, 4) is 17.3 Å². The van der Waals surface area contributed by atoms with Crippen LogP contribution in [-0.4, -0.2) is 44.9 Å². The Balaban J connectivity index is 1.49. The third-order valence-corrected chi connectivity index (χ3v) is 5.36. The van der Waals surface area contributed by atoms with E-state index < -0.39 is 6.04 Å². The van der Waals surface area contributed by atoms with E-state index in [0.29, 0.717) is 17.6 Å². The zero-order valence-corrected chi connectivity index (χ0v) is 18.1. The highest BCUT2D eigenvalue weighted by molar-refractivity contribution is 5.95. The highest BCUT2D eigenvalue weighted by atomic mass is 16.5. The second kappa shape index (κ2) is 9.58. The number of hydrogen-bond donors (Lipinski definition) is 2. The molecule has 0 aliphatic carbocycles. The summed E-state index contributed by atoms with van der Waals surface area (Å²) < 4.78 is 7.39. The highest BCUT2D eigenvalue weighted by Crippen LogP contribution is 2.25. The molecule has 1 atom stereocenters. The quantitative estimate of drug-likeness (QED) is 0.614. The first-order valence-corrected chi connectivity index (χ1v) is 10.6. The Bertz CT molecular complexity index is 1130. The number of rotatable bonds is 6. The number of benzene rings is 1. The van der Waals surface area contributed by atoms with Crippen molar-refractivity contribution in [2.75, 3.05) is 18.5 Å². The summed E-state index contributed by atoms with van der Waals surface area (Å²) in [6.07, 6.45) is 7.41. The molecule has 1 aliphatic rings. The molecule has 4 rings (SSSR count). The summed E-state index contributed by atoms with van der Waals surface area (Å²) in [5.74, 6) is 0.190. The number of nitrogens with one attached hydrogen (secondary N) is 2. The van der Waals surface area contributed by atoms with E-state index in [2.05, 4.69) is 25.7 Å². The number of aryl methyl sites for hydroxylation is 1. The van der Waals surface area contributed by atoms with Crippen LogP contribution in [0.1, 0.15) is 41.7 Å². The van der Waals surface area contributed by atoms with Gasteiger partial charge in [0.25, 0.3) is 5.91 Å². The maximum absolute atomic E-state index is 12.2. The molecule has 0 radical (unpaired) electrons. The number of anilines is 2. The molecular formula is C23H25N7O2. The van der Waals surface area contributed by atoms with Gasteiger partial charge in [0.05, 0.1) is 29.7 Å². The lowest BCUT2D eigenvalue weighted by Crippen LogP contribution is -2.31. The zero-order chi connectivity index (χ0) is 22.5. The summed E-state index contributed by atoms with van der Waals surface area (Å²) in [6, 6.07) is 8.92. The number of nitriles is 1. The molecule has 1 aliphatic heterocycles. The SMILES string of the molecule is Cc1cnc(Nc2cnn(C3CCOCC3)c2)nc1-c1ccc(C(=O)N[C@@H](C)C#N)cc1. The van der Waals surface area contributed by atoms with E-state index in [1.54, 1.807) is 31.5 Å². The summed E-state index contributed by atoms with van der Waals surface area (Å²) in [5.41, 5.74) is 3.88. The molecule has 1 aromatic carbocycles. The van der Waals surface area contributed by atoms with E-state index in [1.807, 2.05) is 36.0 Å². The van der Waals surface area contributed by atoms with Crippen LogP contribution in [-0.2, 0) is 4.74 Å². The third-order valence-electron chi connectivity index (χ3n) is 5.36. The number of carbonyl (C=O) groups excluding carboxylic acids is 1. The number of aromatic nitrogens is 4. The predicted molar refractivity (Wildman–Crippen MR) is 119 cm³/mol. The fourth-order valence-electron chi connectivity index (χ4n) is 3.57. The number of nitrogens with zero attached hydrogens (tertiary/aromatic N) is 5. The second-order valence-corrected chi connectivity index (χ2v) is 7.80. The lowest BCUT2D eigenvalue weighted by Gasteiger charge is -2.22. The van der Waals surface area contributed by atoms with Crippen LogP contribution in [0.4, 0.5) is 11.6 Å². The maximum Gasteiger partial charge on any atom is 0.252 e. The van der Waals surface area contributed by atoms with Gasteiger partial charge >= 0.3 is 0 Å². The van der Waals surface area contributed by atoms with Crippen molar-refractivity contribution in [2.24, 2.45) is 0 Å². The van der Waals surface area contributed by atoms with Crippen LogP contribution in [0.15, 0.2) is 42.9 Å². The number of hydrogen-bond acceptors (Lipinski definition) is 7. The van der Waals surface area contributed by atoms with Gasteiger partial charge in [-0.1, -0.05) is 12.1 Å². The van der Waals surface area contributed by atoms with Gasteiger partial charge in [-0.2, -0.15) is 10.4 Å². The van der Waals surface area contributed by atoms with Gasteiger partial charge in [0.2, 0.25) is 5.95 Å². The Morgan fingerprint density at radius 2 is 2.00 bits per heavy atom. The third kappa shape index (κ3) is 4.92. The summed E-state index contributed by atoms with van der Waals surface area (Å²) >= 11 is 0. The summed E-state index contributed by atoms with van der Waals surface area (Å²) in [4.78, 5) is 21.3. The summed E-state index contributed by atoms with van der Waals surface area (Å²) in [7, 11) is 0. The van der Waals surface area contributed by atoms with Crippen LogP contribution in [0.25, 0.3) is 11.3 Å². The largest absolute Gasteiger partial charge is 0.381 e. The van der Waals surface area contributed by atoms with Gasteiger partial charge in [0.1, 0.15) is 6.04 Å². The van der Waals surface area contributed by atoms with Crippen LogP contribution >= 0.6 is 0 Å². The lowest BCUT2D eigenvalue weighted by atomic mass is 10.1. The topological polar surface area (TPSA) is 118 Å². The molecule has 1 fully saturated rings. The molecule has 3 aromatic rings. The van der Waals surface area contributed by atoms with Gasteiger partial charge in [0.15, 0.2) is 0 Å². The fourth-order valence-corrected chi connectivity index (χ4v) is 3.57. The minimum atomic E-state index is -0.546. The van der Waals surface area contributed by atoms with E-state index >= 15 is 0 Å². The first kappa shape index (κ1) is 21.5. The molecule has 0 saturated carbocycles. The van der Waals surface area contributed by atoms with Crippen molar-refractivity contribution in [3.05, 3.63) is 54.0 Å². The number of carbonyl (C=O) groups is 1. The van der Waals surface area contributed by atoms with Crippen molar-refractivity contribution < 1.29 is 9.53 Å². The molecule has 0 unspecified atom stereocenters. The normalized spacial score (nSPS) is 15.0. The summed E-state index contributed by atoms with van der Waals surface area (Å²) in [6.45, 7) is 5.10. The van der Waals surface area contributed by atoms with Crippen LogP contribution in [0, 0.1) is 18.3 Å². The van der Waals surface area contributed by atoms with E-state index in [1.165, 1.54) is 0 Å². The molecule has 32 heavy (non-hydrogen) atoms. The molecule has 2 aromatic heterocycles. The molecule has 9 heteroatoms. The Morgan fingerprint density at radius 3 is 2.72 bits per heavy atom. The first-order chi connectivity index (χ1) is 15.5. The molecular weight excluding hydrogens is 406 g/mol. The van der Waals surface area contributed by atoms with Gasteiger partial charge in [-0.05, 0) is 44.4 Å². The predicted octanol–water partition coefficient (Wildman–Crippen LogP) is 3.39. The first-order valence-electron chi connectivity index (χ1n) is 10.6. The smallest absolute Gasteiger partial charge is 0.252 e. The van der Waals surface area contributed by atoms with Crippen molar-refractivity contribution in [1.29, 1.82) is 5.26 Å². The minimum Gasteiger partial charge on any atom is -0.381 e. The standard InChI is InChI=1S/C23H25N7O2/c1-15-12-25-23(28-19-13-26-30(14-19)20-7-9-32-10-8-20)29-21(15)17-3-5-18(6-4-17)22(31)27-16(2)11-24/h3-6,12-14,16,20H,7-10H2,1-2H3,(H,27,31)(H,25,28,29)/t16-/m0/s1. The lowest BCUT2D eigenvalue weighted by molar-refractivity contribution is 0.0662. The second-order valence-electron chi connectivity index (χ2n) is 7.80. The van der Waals surface area contributed by atoms with E-state index in [-0.39, 0.29) is 5.91 Å². The monoisotopic (exact) mass is 431 g/mol. The van der Waals surface area contributed by atoms with Crippen molar-refractivity contribution in [3.63, 3.8) is 0 Å². The highest BCUT2D eigenvalue weighted by Gasteiger charge is 2.17. The van der Waals surface area contributed by atoms with Crippen LogP contribution in [0.2, 0.25) is 0 Å². The Morgan fingerprint density at radius 1 is 1.25 bits per heavy atom.